The molecule has 4 amide bonds. The largest absolute Gasteiger partial charge is 0.497 e. The number of ether oxygens (including phenoxy) is 3. The smallest absolute Gasteiger partial charge is 0.246 e. The number of rotatable bonds is 37. The van der Waals surface area contributed by atoms with Gasteiger partial charge in [-0.1, -0.05) is 89.0 Å². The molecular weight excluding hydrogens is 1840 g/mol. The van der Waals surface area contributed by atoms with Crippen LogP contribution >= 0.6 is 0 Å². The van der Waals surface area contributed by atoms with E-state index in [0.29, 0.717) is 6.79 Å². The summed E-state index contributed by atoms with van der Waals surface area (Å²) in [6.45, 7) is 42.4. The van der Waals surface area contributed by atoms with Crippen LogP contribution in [0.5, 0.6) is 17.2 Å². The molecule has 0 radical (unpaired) electrons. The van der Waals surface area contributed by atoms with Crippen molar-refractivity contribution in [2.24, 2.45) is 0 Å². The molecule has 0 N–H and O–H groups in total. The molecule has 0 unspecified atom stereocenters. The van der Waals surface area contributed by atoms with Crippen molar-refractivity contribution in [3.8, 4) is 17.2 Å². The molecule has 4 saturated heterocycles. The summed E-state index contributed by atoms with van der Waals surface area (Å²) in [5.41, 5.74) is 24.1. The zero-order valence-electron chi connectivity index (χ0n) is 90.6. The predicted molar refractivity (Wildman–Crippen MR) is 600 cm³/mol. The fourth-order valence-corrected chi connectivity index (χ4v) is 20.9. The number of piperazine rings is 4. The van der Waals surface area contributed by atoms with Crippen LogP contribution < -0.4 is 14.2 Å². The molecule has 25 heteroatoms. The monoisotopic (exact) mass is 2000 g/mol. The topological polar surface area (TPSA) is 155 Å². The number of amides is 4. The van der Waals surface area contributed by atoms with E-state index < -0.39 is 0 Å². The first-order valence-corrected chi connectivity index (χ1v) is 53.1. The van der Waals surface area contributed by atoms with Gasteiger partial charge in [0.2, 0.25) is 30.4 Å². The Balaban J connectivity index is 0.000000155. The molecule has 17 rings (SSSR count). The fourth-order valence-electron chi connectivity index (χ4n) is 20.9. The van der Waals surface area contributed by atoms with E-state index in [1.807, 2.05) is 80.3 Å². The van der Waals surface area contributed by atoms with E-state index in [1.165, 1.54) is 118 Å². The molecule has 0 spiro atoms. The van der Waals surface area contributed by atoms with Gasteiger partial charge in [0, 0.05) is 270 Å². The van der Waals surface area contributed by atoms with E-state index in [1.54, 1.807) is 43.5 Å². The first-order chi connectivity index (χ1) is 70.9. The summed E-state index contributed by atoms with van der Waals surface area (Å²) in [7, 11) is 18.6. The van der Waals surface area contributed by atoms with E-state index in [9.17, 15) is 28.0 Å². The number of methoxy groups -OCH3 is 1. The van der Waals surface area contributed by atoms with Crippen LogP contribution in [-0.4, -0.2) is 328 Å². The van der Waals surface area contributed by atoms with Crippen molar-refractivity contribution in [2.45, 2.75) is 133 Å². The van der Waals surface area contributed by atoms with Gasteiger partial charge in [-0.3, -0.25) is 38.8 Å². The Kier molecular flexibility index (Phi) is 40.2. The molecule has 0 aliphatic carbocycles. The van der Waals surface area contributed by atoms with Crippen molar-refractivity contribution in [1.29, 1.82) is 0 Å². The van der Waals surface area contributed by atoms with Crippen molar-refractivity contribution in [2.75, 3.05) is 227 Å². The maximum atomic E-state index is 13.4. The lowest BCUT2D eigenvalue weighted by Gasteiger charge is -2.34. The minimum atomic E-state index is -0.196. The molecule has 8 aromatic carbocycles. The first kappa shape index (κ1) is 110. The van der Waals surface area contributed by atoms with E-state index in [0.717, 1.165) is 285 Å². The third-order valence-corrected chi connectivity index (χ3v) is 29.6. The molecule has 0 bridgehead atoms. The van der Waals surface area contributed by atoms with E-state index >= 15 is 0 Å². The number of carbonyl (C=O) groups is 4. The van der Waals surface area contributed by atoms with Crippen molar-refractivity contribution in [1.82, 2.24) is 77.1 Å². The number of nitrogens with zero attached hydrogens (tertiary/aromatic N) is 16. The summed E-state index contributed by atoms with van der Waals surface area (Å²) in [6.07, 6.45) is 23.2. The van der Waals surface area contributed by atoms with Crippen LogP contribution in [-0.2, 0) is 71.0 Å². The zero-order valence-corrected chi connectivity index (χ0v) is 90.6. The molecule has 0 atom stereocenters. The van der Waals surface area contributed by atoms with Gasteiger partial charge in [-0.05, 0) is 333 Å². The Bertz CT molecular complexity index is 6520. The van der Waals surface area contributed by atoms with E-state index in [-0.39, 0.29) is 35.3 Å². The molecular formula is C122H160F2N16O7. The van der Waals surface area contributed by atoms with E-state index in [4.69, 9.17) is 14.2 Å². The fraction of sp³-hybridized carbons (Fsp3) is 0.443. The summed E-state index contributed by atoms with van der Waals surface area (Å²) in [4.78, 5) is 78.6. The van der Waals surface area contributed by atoms with Crippen LogP contribution in [0.15, 0.2) is 188 Å². The summed E-state index contributed by atoms with van der Waals surface area (Å²) >= 11 is 0. The van der Waals surface area contributed by atoms with E-state index in [2.05, 4.69) is 266 Å². The molecule has 4 aromatic heterocycles. The van der Waals surface area contributed by atoms with Crippen LogP contribution in [0, 0.1) is 67.0 Å². The highest BCUT2D eigenvalue weighted by molar-refractivity contribution is 6.01. The Morgan fingerprint density at radius 3 is 0.878 bits per heavy atom. The lowest BCUT2D eigenvalue weighted by atomic mass is 10.1. The zero-order chi connectivity index (χ0) is 104. The van der Waals surface area contributed by atoms with Gasteiger partial charge < -0.3 is 71.7 Å². The third-order valence-electron chi connectivity index (χ3n) is 29.6. The summed E-state index contributed by atoms with van der Waals surface area (Å²) in [6, 6.07) is 54.5. The van der Waals surface area contributed by atoms with Crippen LogP contribution in [0.4, 0.5) is 8.78 Å². The minimum absolute atomic E-state index is 0.0698. The molecule has 784 valence electrons. The number of aromatic nitrogens is 4. The molecule has 5 aliphatic rings. The van der Waals surface area contributed by atoms with Crippen molar-refractivity contribution >= 4 is 91.5 Å². The minimum Gasteiger partial charge on any atom is -0.497 e. The number of hydrogen-bond acceptors (Lipinski definition) is 15. The lowest BCUT2D eigenvalue weighted by Crippen LogP contribution is -2.48. The second-order valence-electron chi connectivity index (χ2n) is 41.6. The Labute approximate surface area is 872 Å². The maximum Gasteiger partial charge on any atom is 0.246 e. The Morgan fingerprint density at radius 1 is 0.306 bits per heavy atom. The van der Waals surface area contributed by atoms with Crippen LogP contribution in [0.1, 0.15) is 115 Å². The number of hydrogen-bond donors (Lipinski definition) is 0. The first-order valence-electron chi connectivity index (χ1n) is 53.1. The lowest BCUT2D eigenvalue weighted by molar-refractivity contribution is -0.128. The summed E-state index contributed by atoms with van der Waals surface area (Å²) in [5, 5.41) is 4.88. The van der Waals surface area contributed by atoms with Crippen LogP contribution in [0.3, 0.4) is 0 Å². The average Bonchev–Trinajstić information content (AvgIpc) is 1.63. The molecule has 12 aromatic rings. The predicted octanol–water partition coefficient (Wildman–Crippen LogP) is 18.5. The molecule has 23 nitrogen and oxygen atoms in total. The van der Waals surface area contributed by atoms with Gasteiger partial charge in [0.15, 0.2) is 11.5 Å². The molecule has 4 fully saturated rings. The number of benzene rings is 8. The van der Waals surface area contributed by atoms with Gasteiger partial charge in [-0.2, -0.15) is 0 Å². The van der Waals surface area contributed by atoms with Gasteiger partial charge in [0.25, 0.3) is 0 Å². The SMILES string of the molecule is COc1ccc(CCN2CCN(C(=O)/C=C/c3c(C)n(CCCN(C)C)c4ccc(C)cc34)CC2)cc1.Cc1ccc2c(c1)c(/C=C/C(=O)N1CCN(CCc3ccc(F)cc3)CC1)c(C)n2CCCN(C)C.Cc1ccc2c(c1)c(/C=C/C(=O)N1CCN(CCc3ccc4c(c3)OCO4)CC1)c(C)n2CCCN(C)C.Cc1ccc2c(c1)c(/C=C/C(=O)N1CCN(CCc3cccc(F)c3)CC1)c(C)n2CCCN(C)C. The molecule has 147 heavy (non-hydrogen) atoms. The summed E-state index contributed by atoms with van der Waals surface area (Å²) < 4.78 is 52.3. The van der Waals surface area contributed by atoms with Gasteiger partial charge in [0.1, 0.15) is 17.4 Å². The highest BCUT2D eigenvalue weighted by Crippen LogP contribution is 2.36. The second kappa shape index (κ2) is 53.5. The van der Waals surface area contributed by atoms with Gasteiger partial charge in [-0.25, -0.2) is 8.78 Å². The molecule has 5 aliphatic heterocycles. The van der Waals surface area contributed by atoms with Crippen LogP contribution in [0.2, 0.25) is 0 Å². The molecule has 9 heterocycles. The molecule has 0 saturated carbocycles. The number of carbonyl (C=O) groups excluding carboxylic acids is 4. The quantitative estimate of drug-likeness (QED) is 0.0339. The highest BCUT2D eigenvalue weighted by atomic mass is 19.1. The number of halogens is 2. The van der Waals surface area contributed by atoms with Crippen molar-refractivity contribution in [3.05, 3.63) is 289 Å². The standard InChI is InChI=1S/C31H40N4O3.C31H42N4O2.2C30H39FN4O/c1-23-6-9-28-27(20-23)26(24(2)35(28)14-5-13-32(3)4)8-11-31(36)34-18-16-33(17-19-34)15-12-25-7-10-29-30(21-25)38-22-37-29;1-24-7-13-30-29(23-24)28(25(2)35(30)17-6-16-32(3)4)12-14-31(36)34-21-19-33(20-22-34)18-15-26-8-10-27(37-5)11-9-26;1-23-6-12-29-28(22-23)27(24(2)35(29)16-5-15-32(3)4)11-13-30(36)34-20-18-33(19-21-34)17-14-25-7-9-26(31)10-8-25;1-23-9-11-29-28(21-23)27(24(2)35(29)15-6-14-32(3)4)10-12-30(36)34-19-17-33(18-20-34)16-13-25-7-5-8-26(31)22-25/h6-11,20-21H,5,12-19,22H2,1-4H3;7-14,23H,6,15-22H2,1-5H3;6-13,22H,5,14-21H2,1-4H3;5,7-12,21-22H,6,13-20H2,1-4H3/b11-8+;14-12+;13-11+;12-10+. The normalized spacial score (nSPS) is 15.2. The maximum absolute atomic E-state index is 13.4. The van der Waals surface area contributed by atoms with Crippen molar-refractivity contribution < 1.29 is 42.2 Å². The van der Waals surface area contributed by atoms with Gasteiger partial charge in [-0.15, -0.1) is 0 Å². The number of fused-ring (bicyclic) bond motifs is 5. The van der Waals surface area contributed by atoms with Gasteiger partial charge >= 0.3 is 0 Å². The van der Waals surface area contributed by atoms with Crippen LogP contribution in [0.25, 0.3) is 67.9 Å². The second-order valence-corrected chi connectivity index (χ2v) is 41.6. The third kappa shape index (κ3) is 30.7. The summed E-state index contributed by atoms with van der Waals surface area (Å²) in [5.74, 6) is 2.53. The highest BCUT2D eigenvalue weighted by Gasteiger charge is 2.28. The van der Waals surface area contributed by atoms with Gasteiger partial charge in [0.05, 0.1) is 7.11 Å². The Hall–Kier alpha value is -12.3. The Morgan fingerprint density at radius 2 is 0.585 bits per heavy atom. The number of aryl methyl sites for hydroxylation is 8. The van der Waals surface area contributed by atoms with Crippen molar-refractivity contribution in [3.63, 3.8) is 0 Å². The average molecular weight is 2000 g/mol.